The van der Waals surface area contributed by atoms with E-state index in [1.54, 1.807) is 24.3 Å². The van der Waals surface area contributed by atoms with Gasteiger partial charge in [-0.25, -0.2) is 0 Å². The van der Waals surface area contributed by atoms with Gasteiger partial charge >= 0.3 is 0 Å². The zero-order chi connectivity index (χ0) is 15.4. The molecule has 2 N–H and O–H groups in total. The minimum absolute atomic E-state index is 0.336. The molecule has 108 valence electrons. The number of aryl methyl sites for hydroxylation is 1. The topological polar surface area (TPSA) is 58.2 Å². The summed E-state index contributed by atoms with van der Waals surface area (Å²) in [5.74, 6) is -0.710. The highest BCUT2D eigenvalue weighted by atomic mass is 79.9. The standard InChI is InChI=1S/C16H15BrN2O2/c1-10-6-5-8-12(11(10)2)15(20)18-19-16(21)13-7-3-4-9-14(13)17/h3-9H,1-2H3,(H,18,20)(H,19,21). The third-order valence-electron chi connectivity index (χ3n) is 3.26. The fourth-order valence-electron chi connectivity index (χ4n) is 1.89. The smallest absolute Gasteiger partial charge is 0.267 e. The monoisotopic (exact) mass is 346 g/mol. The molecule has 2 aromatic carbocycles. The molecule has 2 amide bonds. The van der Waals surface area contributed by atoms with Crippen LogP contribution in [-0.2, 0) is 0 Å². The number of hydrogen-bond donors (Lipinski definition) is 2. The van der Waals surface area contributed by atoms with Crippen molar-refractivity contribution in [3.63, 3.8) is 0 Å². The second kappa shape index (κ2) is 6.54. The molecular weight excluding hydrogens is 332 g/mol. The van der Waals surface area contributed by atoms with Gasteiger partial charge in [-0.1, -0.05) is 24.3 Å². The number of rotatable bonds is 2. The fraction of sp³-hybridized carbons (Fsp3) is 0.125. The lowest BCUT2D eigenvalue weighted by Gasteiger charge is -2.11. The molecule has 0 spiro atoms. The lowest BCUT2D eigenvalue weighted by Crippen LogP contribution is -2.42. The van der Waals surface area contributed by atoms with E-state index in [0.717, 1.165) is 11.1 Å². The van der Waals surface area contributed by atoms with E-state index in [2.05, 4.69) is 26.8 Å². The summed E-state index contributed by atoms with van der Waals surface area (Å²) in [4.78, 5) is 24.1. The Morgan fingerprint density at radius 3 is 2.10 bits per heavy atom. The molecule has 0 fully saturated rings. The van der Waals surface area contributed by atoms with Crippen LogP contribution in [0, 0.1) is 13.8 Å². The Balaban J connectivity index is 2.06. The molecule has 0 heterocycles. The van der Waals surface area contributed by atoms with E-state index in [1.165, 1.54) is 0 Å². The predicted molar refractivity (Wildman–Crippen MR) is 85.0 cm³/mol. The van der Waals surface area contributed by atoms with E-state index in [-0.39, 0.29) is 11.8 Å². The van der Waals surface area contributed by atoms with Crippen LogP contribution >= 0.6 is 15.9 Å². The first-order valence-corrected chi connectivity index (χ1v) is 7.21. The Kier molecular flexibility index (Phi) is 4.75. The number of hydrazine groups is 1. The summed E-state index contributed by atoms with van der Waals surface area (Å²) in [7, 11) is 0. The zero-order valence-electron chi connectivity index (χ0n) is 11.7. The predicted octanol–water partition coefficient (Wildman–Crippen LogP) is 3.14. The summed E-state index contributed by atoms with van der Waals surface area (Å²) in [5, 5.41) is 0. The summed E-state index contributed by atoms with van der Waals surface area (Å²) in [6.45, 7) is 3.81. The Morgan fingerprint density at radius 1 is 0.857 bits per heavy atom. The van der Waals surface area contributed by atoms with Crippen molar-refractivity contribution in [3.8, 4) is 0 Å². The van der Waals surface area contributed by atoms with Gasteiger partial charge in [0.1, 0.15) is 0 Å². The number of carbonyl (C=O) groups is 2. The second-order valence-electron chi connectivity index (χ2n) is 4.64. The maximum atomic E-state index is 12.1. The highest BCUT2D eigenvalue weighted by Gasteiger charge is 2.13. The van der Waals surface area contributed by atoms with Crippen LogP contribution in [0.25, 0.3) is 0 Å². The maximum absolute atomic E-state index is 12.1. The van der Waals surface area contributed by atoms with Crippen LogP contribution in [0.15, 0.2) is 46.9 Å². The van der Waals surface area contributed by atoms with Gasteiger partial charge in [-0.05, 0) is 59.1 Å². The first-order valence-electron chi connectivity index (χ1n) is 6.42. The molecule has 2 aromatic rings. The zero-order valence-corrected chi connectivity index (χ0v) is 13.3. The molecule has 5 heteroatoms. The number of carbonyl (C=O) groups excluding carboxylic acids is 2. The van der Waals surface area contributed by atoms with Crippen molar-refractivity contribution in [2.45, 2.75) is 13.8 Å². The molecule has 0 atom stereocenters. The van der Waals surface area contributed by atoms with Crippen molar-refractivity contribution in [2.24, 2.45) is 0 Å². The molecule has 21 heavy (non-hydrogen) atoms. The van der Waals surface area contributed by atoms with Gasteiger partial charge in [0, 0.05) is 10.0 Å². The summed E-state index contributed by atoms with van der Waals surface area (Å²) in [6.07, 6.45) is 0. The highest BCUT2D eigenvalue weighted by Crippen LogP contribution is 2.15. The summed E-state index contributed by atoms with van der Waals surface area (Å²) >= 11 is 3.30. The third-order valence-corrected chi connectivity index (χ3v) is 3.95. The van der Waals surface area contributed by atoms with Crippen molar-refractivity contribution >= 4 is 27.7 Å². The molecule has 4 nitrogen and oxygen atoms in total. The molecule has 0 radical (unpaired) electrons. The van der Waals surface area contributed by atoms with Gasteiger partial charge in [-0.15, -0.1) is 0 Å². The van der Waals surface area contributed by atoms with E-state index < -0.39 is 0 Å². The number of halogens is 1. The minimum atomic E-state index is -0.374. The summed E-state index contributed by atoms with van der Waals surface area (Å²) < 4.78 is 0.670. The maximum Gasteiger partial charge on any atom is 0.270 e. The Morgan fingerprint density at radius 2 is 1.43 bits per heavy atom. The van der Waals surface area contributed by atoms with Crippen molar-refractivity contribution in [3.05, 3.63) is 69.2 Å². The lowest BCUT2D eigenvalue weighted by molar-refractivity contribution is 0.0846. The average molecular weight is 347 g/mol. The molecule has 0 bridgehead atoms. The number of benzene rings is 2. The largest absolute Gasteiger partial charge is 0.270 e. The van der Waals surface area contributed by atoms with Crippen LogP contribution in [0.1, 0.15) is 31.8 Å². The van der Waals surface area contributed by atoms with Crippen molar-refractivity contribution < 1.29 is 9.59 Å². The molecule has 0 saturated carbocycles. The van der Waals surface area contributed by atoms with E-state index in [1.807, 2.05) is 32.0 Å². The lowest BCUT2D eigenvalue weighted by atomic mass is 10.0. The minimum Gasteiger partial charge on any atom is -0.267 e. The van der Waals surface area contributed by atoms with Gasteiger partial charge in [0.2, 0.25) is 0 Å². The van der Waals surface area contributed by atoms with Crippen molar-refractivity contribution in [2.75, 3.05) is 0 Å². The third kappa shape index (κ3) is 3.49. The van der Waals surface area contributed by atoms with Crippen LogP contribution in [0.5, 0.6) is 0 Å². The second-order valence-corrected chi connectivity index (χ2v) is 5.49. The molecule has 0 aromatic heterocycles. The van der Waals surface area contributed by atoms with Gasteiger partial charge in [0.15, 0.2) is 0 Å². The average Bonchev–Trinajstić information content (AvgIpc) is 2.47. The van der Waals surface area contributed by atoms with E-state index in [9.17, 15) is 9.59 Å². The quantitative estimate of drug-likeness (QED) is 0.820. The van der Waals surface area contributed by atoms with Crippen LogP contribution in [-0.4, -0.2) is 11.8 Å². The fourth-order valence-corrected chi connectivity index (χ4v) is 2.36. The Hall–Kier alpha value is -2.14. The van der Waals surface area contributed by atoms with Crippen molar-refractivity contribution in [1.82, 2.24) is 10.9 Å². The van der Waals surface area contributed by atoms with Crippen LogP contribution in [0.3, 0.4) is 0 Å². The molecule has 0 saturated heterocycles. The molecule has 0 aliphatic heterocycles. The molecular formula is C16H15BrN2O2. The molecule has 0 aliphatic carbocycles. The van der Waals surface area contributed by atoms with Gasteiger partial charge in [-0.2, -0.15) is 0 Å². The molecule has 0 unspecified atom stereocenters. The summed E-state index contributed by atoms with van der Waals surface area (Å²) in [5.41, 5.74) is 7.77. The van der Waals surface area contributed by atoms with Crippen LogP contribution in [0.2, 0.25) is 0 Å². The van der Waals surface area contributed by atoms with E-state index >= 15 is 0 Å². The van der Waals surface area contributed by atoms with Gasteiger partial charge in [-0.3, -0.25) is 20.4 Å². The number of nitrogens with one attached hydrogen (secondary N) is 2. The van der Waals surface area contributed by atoms with Gasteiger partial charge in [0.25, 0.3) is 11.8 Å². The van der Waals surface area contributed by atoms with E-state index in [0.29, 0.717) is 15.6 Å². The Labute approximate surface area is 131 Å². The number of hydrogen-bond acceptors (Lipinski definition) is 2. The normalized spacial score (nSPS) is 10.0. The van der Waals surface area contributed by atoms with Gasteiger partial charge in [0.05, 0.1) is 5.56 Å². The van der Waals surface area contributed by atoms with Gasteiger partial charge < -0.3 is 0 Å². The Bertz CT molecular complexity index is 698. The SMILES string of the molecule is Cc1cccc(C(=O)NNC(=O)c2ccccc2Br)c1C. The highest BCUT2D eigenvalue weighted by molar-refractivity contribution is 9.10. The van der Waals surface area contributed by atoms with E-state index in [4.69, 9.17) is 0 Å². The number of amides is 2. The van der Waals surface area contributed by atoms with Crippen molar-refractivity contribution in [1.29, 1.82) is 0 Å². The first kappa shape index (κ1) is 15.3. The van der Waals surface area contributed by atoms with Crippen LogP contribution < -0.4 is 10.9 Å². The molecule has 0 aliphatic rings. The van der Waals surface area contributed by atoms with Crippen LogP contribution in [0.4, 0.5) is 0 Å². The first-order chi connectivity index (χ1) is 10.0. The summed E-state index contributed by atoms with van der Waals surface area (Å²) in [6, 6.07) is 12.5. The molecule has 2 rings (SSSR count).